The first-order valence-electron chi connectivity index (χ1n) is 3.91. The first-order valence-corrected chi connectivity index (χ1v) is 3.91. The predicted molar refractivity (Wildman–Crippen MR) is 35.5 cm³/mol. The monoisotopic (exact) mass is 333 g/mol. The smallest absolute Gasteiger partial charge is 0.192 e. The summed E-state index contributed by atoms with van der Waals surface area (Å²) >= 11 is 0. The summed E-state index contributed by atoms with van der Waals surface area (Å²) in [4.78, 5) is 0. The van der Waals surface area contributed by atoms with Gasteiger partial charge in [-0.3, -0.25) is 0 Å². The molecule has 0 spiro atoms. The Morgan fingerprint density at radius 2 is 0.950 bits per heavy atom. The quantitative estimate of drug-likeness (QED) is 0.536. The zero-order valence-electron chi connectivity index (χ0n) is 8.36. The van der Waals surface area contributed by atoms with E-state index < -0.39 is 35.8 Å². The van der Waals surface area contributed by atoms with Crippen molar-refractivity contribution in [3.63, 3.8) is 0 Å². The van der Waals surface area contributed by atoms with Crippen molar-refractivity contribution in [2.75, 3.05) is 0 Å². The number of halogens is 13. The van der Waals surface area contributed by atoms with E-state index in [2.05, 4.69) is 0 Å². The van der Waals surface area contributed by atoms with Gasteiger partial charge in [-0.1, -0.05) is 9.70 Å². The van der Waals surface area contributed by atoms with Gasteiger partial charge in [0.15, 0.2) is 0 Å². The van der Waals surface area contributed by atoms with Crippen LogP contribution in [-0.2, 0) is 0 Å². The number of alkyl halides is 11. The molecule has 0 aromatic heterocycles. The predicted octanol–water partition coefficient (Wildman–Crippen LogP) is 4.34. The van der Waals surface area contributed by atoms with Crippen molar-refractivity contribution in [2.24, 2.45) is 5.21 Å². The highest BCUT2D eigenvalue weighted by Crippen LogP contribution is 2.57. The van der Waals surface area contributed by atoms with E-state index in [-0.39, 0.29) is 5.21 Å². The molecule has 0 saturated heterocycles. The Bertz CT molecular complexity index is 390. The Balaban J connectivity index is 6.07. The molecule has 0 rings (SSSR count). The van der Waals surface area contributed by atoms with E-state index in [0.29, 0.717) is 0 Å². The van der Waals surface area contributed by atoms with Crippen LogP contribution in [0.3, 0.4) is 0 Å². The molecule has 0 heterocycles. The highest BCUT2D eigenvalue weighted by Gasteiger charge is 2.88. The Hall–Kier alpha value is -1.24. The first-order chi connectivity index (χ1) is 8.48. The fourth-order valence-electron chi connectivity index (χ4n) is 0.755. The van der Waals surface area contributed by atoms with Crippen molar-refractivity contribution in [1.82, 2.24) is 0 Å². The van der Waals surface area contributed by atoms with Gasteiger partial charge in [0, 0.05) is 0 Å². The van der Waals surface area contributed by atoms with Gasteiger partial charge >= 0.3 is 29.9 Å². The highest BCUT2D eigenvalue weighted by atomic mass is 19.4. The molecular formula is C6F13N. The summed E-state index contributed by atoms with van der Waals surface area (Å²) in [7, 11) is 0. The van der Waals surface area contributed by atoms with E-state index in [9.17, 15) is 57.2 Å². The molecule has 0 aliphatic carbocycles. The third kappa shape index (κ3) is 2.28. The molecule has 0 atom stereocenters. The van der Waals surface area contributed by atoms with Gasteiger partial charge in [-0.05, 0) is 0 Å². The van der Waals surface area contributed by atoms with Crippen molar-refractivity contribution >= 4 is 5.97 Å². The van der Waals surface area contributed by atoms with Gasteiger partial charge in [-0.25, -0.2) is 0 Å². The SMILES string of the molecule is F/N=C(\F)C(F)(F)C(F)(F)C(F)(F)C(F)(F)C(F)(F)F. The summed E-state index contributed by atoms with van der Waals surface area (Å²) in [5.41, 5.74) is 0. The van der Waals surface area contributed by atoms with Crippen molar-refractivity contribution in [3.05, 3.63) is 0 Å². The van der Waals surface area contributed by atoms with E-state index in [1.807, 2.05) is 0 Å². The lowest BCUT2D eigenvalue weighted by molar-refractivity contribution is -0.415. The standard InChI is InChI=1S/C6F13N/c7-1(20-19)2(8,9)3(10,11)4(12,13)5(14,15)6(16,17)18/b20-1-. The molecule has 0 aliphatic rings. The van der Waals surface area contributed by atoms with Gasteiger partial charge in [-0.2, -0.15) is 52.7 Å². The third-order valence-corrected chi connectivity index (χ3v) is 1.87. The number of hydrogen-bond donors (Lipinski definition) is 0. The minimum absolute atomic E-state index is 0.245. The van der Waals surface area contributed by atoms with Crippen LogP contribution in [-0.4, -0.2) is 35.8 Å². The highest BCUT2D eigenvalue weighted by molar-refractivity contribution is 5.83. The maximum absolute atomic E-state index is 12.5. The topological polar surface area (TPSA) is 12.4 Å². The van der Waals surface area contributed by atoms with Crippen molar-refractivity contribution in [2.45, 2.75) is 29.9 Å². The van der Waals surface area contributed by atoms with E-state index >= 15 is 0 Å². The van der Waals surface area contributed by atoms with Gasteiger partial charge < -0.3 is 0 Å². The van der Waals surface area contributed by atoms with E-state index in [1.165, 1.54) is 0 Å². The van der Waals surface area contributed by atoms with Crippen molar-refractivity contribution in [1.29, 1.82) is 0 Å². The molecule has 0 amide bonds. The van der Waals surface area contributed by atoms with Gasteiger partial charge in [0.25, 0.3) is 5.97 Å². The van der Waals surface area contributed by atoms with E-state index in [4.69, 9.17) is 0 Å². The third-order valence-electron chi connectivity index (χ3n) is 1.87. The van der Waals surface area contributed by atoms with Crippen LogP contribution in [0, 0.1) is 0 Å². The van der Waals surface area contributed by atoms with Crippen LogP contribution < -0.4 is 0 Å². The van der Waals surface area contributed by atoms with Crippen LogP contribution in [0.15, 0.2) is 5.21 Å². The molecule has 120 valence electrons. The second kappa shape index (κ2) is 4.65. The van der Waals surface area contributed by atoms with Gasteiger partial charge in [-0.15, -0.1) is 0 Å². The second-order valence-electron chi connectivity index (χ2n) is 3.17. The lowest BCUT2D eigenvalue weighted by atomic mass is 9.98. The molecule has 20 heavy (non-hydrogen) atoms. The maximum Gasteiger partial charge on any atom is 0.460 e. The fourth-order valence-corrected chi connectivity index (χ4v) is 0.755. The fraction of sp³-hybridized carbons (Fsp3) is 0.833. The Morgan fingerprint density at radius 1 is 0.600 bits per heavy atom. The average molecular weight is 333 g/mol. The van der Waals surface area contributed by atoms with Crippen LogP contribution in [0.1, 0.15) is 0 Å². The minimum atomic E-state index is -7.79. The number of rotatable bonds is 4. The zero-order valence-corrected chi connectivity index (χ0v) is 8.36. The van der Waals surface area contributed by atoms with E-state index in [1.54, 1.807) is 0 Å². The molecule has 0 fully saturated rings. The lowest BCUT2D eigenvalue weighted by Crippen LogP contribution is -2.67. The summed E-state index contributed by atoms with van der Waals surface area (Å²) in [6.07, 6.45) is -7.36. The van der Waals surface area contributed by atoms with Crippen LogP contribution in [0.5, 0.6) is 0 Å². The molecule has 0 N–H and O–H groups in total. The van der Waals surface area contributed by atoms with Crippen LogP contribution in [0.25, 0.3) is 0 Å². The number of hydrogen-bond acceptors (Lipinski definition) is 1. The zero-order chi connectivity index (χ0) is 16.8. The summed E-state index contributed by atoms with van der Waals surface area (Å²) in [6, 6.07) is 0. The molecule has 0 radical (unpaired) electrons. The molecule has 0 bridgehead atoms. The summed E-state index contributed by atoms with van der Waals surface area (Å²) in [5.74, 6) is -34.3. The van der Waals surface area contributed by atoms with E-state index in [0.717, 1.165) is 0 Å². The molecule has 0 unspecified atom stereocenters. The van der Waals surface area contributed by atoms with Crippen LogP contribution in [0.2, 0.25) is 0 Å². The molecular weight excluding hydrogens is 333 g/mol. The molecule has 1 nitrogen and oxygen atoms in total. The first kappa shape index (κ1) is 18.8. The van der Waals surface area contributed by atoms with Crippen molar-refractivity contribution < 1.29 is 57.2 Å². The minimum Gasteiger partial charge on any atom is -0.192 e. The Labute approximate surface area is 99.5 Å². The summed E-state index contributed by atoms with van der Waals surface area (Å²) < 4.78 is 156. The maximum atomic E-state index is 12.5. The van der Waals surface area contributed by atoms with Gasteiger partial charge in [0.05, 0.1) is 0 Å². The Morgan fingerprint density at radius 3 is 1.20 bits per heavy atom. The summed E-state index contributed by atoms with van der Waals surface area (Å²) in [5, 5.41) is 0.245. The average Bonchev–Trinajstić information content (AvgIpc) is 2.25. The second-order valence-corrected chi connectivity index (χ2v) is 3.17. The molecule has 0 aromatic carbocycles. The lowest BCUT2D eigenvalue weighted by Gasteiger charge is -2.35. The molecule has 0 saturated carbocycles. The Kier molecular flexibility index (Phi) is 4.36. The normalized spacial score (nSPS) is 16.6. The summed E-state index contributed by atoms with van der Waals surface area (Å²) in [6.45, 7) is 0. The number of nitrogens with zero attached hydrogens (tertiary/aromatic N) is 1. The molecule has 0 aromatic rings. The molecule has 14 heteroatoms. The molecule has 0 aliphatic heterocycles. The van der Waals surface area contributed by atoms with Crippen LogP contribution >= 0.6 is 0 Å². The van der Waals surface area contributed by atoms with Gasteiger partial charge in [0.1, 0.15) is 0 Å². The van der Waals surface area contributed by atoms with Crippen molar-refractivity contribution in [3.8, 4) is 0 Å². The van der Waals surface area contributed by atoms with Crippen LogP contribution in [0.4, 0.5) is 57.2 Å². The largest absolute Gasteiger partial charge is 0.460 e. The van der Waals surface area contributed by atoms with Gasteiger partial charge in [0.2, 0.25) is 0 Å².